The molecule has 0 radical (unpaired) electrons. The summed E-state index contributed by atoms with van der Waals surface area (Å²) in [6.07, 6.45) is 3.24. The van der Waals surface area contributed by atoms with Gasteiger partial charge in [0.15, 0.2) is 0 Å². The van der Waals surface area contributed by atoms with Gasteiger partial charge in [-0.1, -0.05) is 11.8 Å². The highest BCUT2D eigenvalue weighted by Gasteiger charge is 2.02. The van der Waals surface area contributed by atoms with Crippen molar-refractivity contribution in [1.29, 1.82) is 0 Å². The van der Waals surface area contributed by atoms with Gasteiger partial charge in [0.2, 0.25) is 6.40 Å². The van der Waals surface area contributed by atoms with Crippen molar-refractivity contribution in [3.8, 4) is 0 Å². The van der Waals surface area contributed by atoms with Gasteiger partial charge >= 0.3 is 0 Å². The number of hydrogen-bond donors (Lipinski definition) is 2. The van der Waals surface area contributed by atoms with E-state index in [9.17, 15) is 9.00 Å². The Balaban J connectivity index is 3.26. The van der Waals surface area contributed by atoms with E-state index in [1.807, 2.05) is 53.3 Å². The van der Waals surface area contributed by atoms with Gasteiger partial charge in [0, 0.05) is 35.6 Å². The van der Waals surface area contributed by atoms with Crippen LogP contribution in [0.5, 0.6) is 0 Å². The third-order valence-corrected chi connectivity index (χ3v) is 15.8. The normalized spacial score (nSPS) is 12.5. The molecule has 0 aromatic heterocycles. The Labute approximate surface area is 270 Å². The summed E-state index contributed by atoms with van der Waals surface area (Å²) < 4.78 is 11.6. The van der Waals surface area contributed by atoms with Crippen molar-refractivity contribution in [2.45, 2.75) is 0 Å². The van der Waals surface area contributed by atoms with Gasteiger partial charge in [-0.3, -0.25) is 14.0 Å². The van der Waals surface area contributed by atoms with Crippen LogP contribution in [-0.4, -0.2) is 103 Å². The fourth-order valence-electron chi connectivity index (χ4n) is 1.44. The van der Waals surface area contributed by atoms with Crippen LogP contribution >= 0.6 is 129 Å². The van der Waals surface area contributed by atoms with E-state index in [2.05, 4.69) is 15.3 Å². The van der Waals surface area contributed by atoms with Crippen molar-refractivity contribution in [2.75, 3.05) is 76.4 Å². The zero-order valence-corrected chi connectivity index (χ0v) is 30.0. The number of aliphatic imine (C=N–C) groups is 2. The molecule has 0 fully saturated rings. The SMILES string of the molecule is CSCN=CS(=O)CSCSCSCSCSC(=O)NCSCSCSCSCN=COOCSCO. The predicted octanol–water partition coefficient (Wildman–Crippen LogP) is 6.58. The van der Waals surface area contributed by atoms with Gasteiger partial charge in [-0.15, -0.1) is 118 Å². The second-order valence-corrected chi connectivity index (χ2v) is 20.2. The van der Waals surface area contributed by atoms with Gasteiger partial charge in [-0.2, -0.15) is 4.89 Å². The van der Waals surface area contributed by atoms with Crippen LogP contribution in [0.25, 0.3) is 0 Å². The lowest BCUT2D eigenvalue weighted by atomic mass is 11.2. The highest BCUT2D eigenvalue weighted by Crippen LogP contribution is 2.24. The summed E-state index contributed by atoms with van der Waals surface area (Å²) in [4.78, 5) is 29.4. The highest BCUT2D eigenvalue weighted by molar-refractivity contribution is 8.30. The summed E-state index contributed by atoms with van der Waals surface area (Å²) in [5.74, 6) is 2.18. The molecule has 1 amide bonds. The van der Waals surface area contributed by atoms with E-state index in [0.717, 1.165) is 35.6 Å². The van der Waals surface area contributed by atoms with Crippen molar-refractivity contribution < 1.29 is 23.9 Å². The Morgan fingerprint density at radius 2 is 1.51 bits per heavy atom. The summed E-state index contributed by atoms with van der Waals surface area (Å²) in [6, 6.07) is 0. The molecule has 8 nitrogen and oxygen atoms in total. The molecule has 218 valence electrons. The smallest absolute Gasteiger partial charge is 0.280 e. The number of aliphatic hydroxyl groups is 1. The Bertz CT molecular complexity index is 598. The molecule has 20 heteroatoms. The second-order valence-electron chi connectivity index (χ2n) is 5.50. The molecule has 2 N–H and O–H groups in total. The molecule has 0 heterocycles. The van der Waals surface area contributed by atoms with E-state index < -0.39 is 10.8 Å². The first-order valence-corrected chi connectivity index (χ1v) is 24.2. The third-order valence-electron chi connectivity index (χ3n) is 2.76. The van der Waals surface area contributed by atoms with Gasteiger partial charge in [0.05, 0.1) is 45.0 Å². The number of nitrogens with zero attached hydrogens (tertiary/aromatic N) is 2. The fourth-order valence-corrected chi connectivity index (χ4v) is 13.3. The molecule has 0 aromatic carbocycles. The molecule has 0 spiro atoms. The van der Waals surface area contributed by atoms with E-state index in [0.29, 0.717) is 22.7 Å². The summed E-state index contributed by atoms with van der Waals surface area (Å²) in [7, 11) is -0.973. The molecular formula is C17H33N3O5S12. The third kappa shape index (κ3) is 34.6. The monoisotopic (exact) mass is 743 g/mol. The number of aliphatic hydroxyl groups excluding tert-OH is 1. The minimum absolute atomic E-state index is 0.000696. The quantitative estimate of drug-likeness (QED) is 0.0225. The summed E-state index contributed by atoms with van der Waals surface area (Å²) in [5, 5.41) is 18.7. The van der Waals surface area contributed by atoms with Crippen LogP contribution in [-0.2, 0) is 20.6 Å². The zero-order chi connectivity index (χ0) is 27.1. The molecular weight excluding hydrogens is 711 g/mol. The molecule has 0 saturated carbocycles. The first-order chi connectivity index (χ1) is 18.2. The maximum atomic E-state index is 11.9. The Kier molecular flexibility index (Phi) is 37.1. The first-order valence-electron chi connectivity index (χ1n) is 10.0. The zero-order valence-electron chi connectivity index (χ0n) is 20.2. The molecule has 0 rings (SSSR count). The lowest BCUT2D eigenvalue weighted by Gasteiger charge is -2.05. The van der Waals surface area contributed by atoms with Gasteiger partial charge in [0.25, 0.3) is 5.24 Å². The number of thioether (sulfide) groups is 11. The lowest BCUT2D eigenvalue weighted by Crippen LogP contribution is -2.17. The van der Waals surface area contributed by atoms with Crippen LogP contribution < -0.4 is 5.32 Å². The van der Waals surface area contributed by atoms with Crippen LogP contribution in [0.15, 0.2) is 9.98 Å². The van der Waals surface area contributed by atoms with Crippen LogP contribution in [0, 0.1) is 0 Å². The molecule has 1 unspecified atom stereocenters. The van der Waals surface area contributed by atoms with E-state index in [1.165, 1.54) is 29.9 Å². The van der Waals surface area contributed by atoms with Gasteiger partial charge in [-0.05, 0) is 6.26 Å². The Morgan fingerprint density at radius 1 is 0.865 bits per heavy atom. The van der Waals surface area contributed by atoms with Crippen LogP contribution in [0.3, 0.4) is 0 Å². The summed E-state index contributed by atoms with van der Waals surface area (Å²) >= 11 is 18.3. The standard InChI is InChI=1S/C17H33N3O5S12/c1-26-3-19-6-37(23)16-35-14-33-12-32-13-34-15-36-17(22)20-5-28-10-31-11-30-9-27-4-18-2-24-25-8-29-7-21/h2,6,21H,3-5,7-16H2,1H3,(H,20,22). The Morgan fingerprint density at radius 3 is 2.22 bits per heavy atom. The molecule has 0 aliphatic carbocycles. The average Bonchev–Trinajstić information content (AvgIpc) is 2.89. The minimum atomic E-state index is -0.973. The number of amides is 1. The molecule has 0 saturated heterocycles. The average molecular weight is 744 g/mol. The molecule has 0 aromatic rings. The highest BCUT2D eigenvalue weighted by atomic mass is 32.3. The number of nitrogens with one attached hydrogen (secondary N) is 1. The van der Waals surface area contributed by atoms with Gasteiger partial charge < -0.3 is 15.3 Å². The summed E-state index contributed by atoms with van der Waals surface area (Å²) in [5.41, 5.74) is 1.55. The van der Waals surface area contributed by atoms with E-state index in [4.69, 9.17) is 14.9 Å². The van der Waals surface area contributed by atoms with E-state index in [1.54, 1.807) is 64.4 Å². The largest absolute Gasteiger partial charge is 0.386 e. The van der Waals surface area contributed by atoms with Crippen molar-refractivity contribution >= 4 is 157 Å². The molecule has 0 bridgehead atoms. The molecule has 1 atom stereocenters. The molecule has 37 heavy (non-hydrogen) atoms. The lowest BCUT2D eigenvalue weighted by molar-refractivity contribution is -0.196. The van der Waals surface area contributed by atoms with Gasteiger partial charge in [-0.25, -0.2) is 4.99 Å². The van der Waals surface area contributed by atoms with Crippen LogP contribution in [0.1, 0.15) is 0 Å². The maximum absolute atomic E-state index is 11.9. The van der Waals surface area contributed by atoms with Gasteiger partial charge in [0.1, 0.15) is 5.94 Å². The van der Waals surface area contributed by atoms with Crippen LogP contribution in [0.2, 0.25) is 0 Å². The number of carbonyl (C=O) groups is 1. The Hall–Kier alpha value is 2.53. The van der Waals surface area contributed by atoms with Crippen LogP contribution in [0.4, 0.5) is 4.79 Å². The van der Waals surface area contributed by atoms with E-state index in [-0.39, 0.29) is 17.1 Å². The predicted molar refractivity (Wildman–Crippen MR) is 191 cm³/mol. The van der Waals surface area contributed by atoms with Crippen molar-refractivity contribution in [1.82, 2.24) is 5.32 Å². The van der Waals surface area contributed by atoms with Crippen molar-refractivity contribution in [2.24, 2.45) is 9.98 Å². The number of rotatable bonds is 28. The second kappa shape index (κ2) is 34.7. The number of hydrogen-bond acceptors (Lipinski definition) is 18. The topological polar surface area (TPSA) is 110 Å². The van der Waals surface area contributed by atoms with E-state index >= 15 is 0 Å². The number of carbonyl (C=O) groups excluding carboxylic acids is 1. The maximum Gasteiger partial charge on any atom is 0.280 e. The molecule has 0 aliphatic heterocycles. The summed E-state index contributed by atoms with van der Waals surface area (Å²) in [6.45, 7) is 0. The molecule has 0 aliphatic rings. The fraction of sp³-hybridized carbons (Fsp3) is 0.824. The van der Waals surface area contributed by atoms with Crippen molar-refractivity contribution in [3.05, 3.63) is 0 Å². The first kappa shape index (κ1) is 39.5. The van der Waals surface area contributed by atoms with Crippen molar-refractivity contribution in [3.63, 3.8) is 0 Å². The minimum Gasteiger partial charge on any atom is -0.386 e.